The Balaban J connectivity index is 1.49. The molecule has 0 saturated heterocycles. The first-order valence-corrected chi connectivity index (χ1v) is 10.7. The smallest absolute Gasteiger partial charge is 0.291 e. The largest absolute Gasteiger partial charge is 0.485 e. The van der Waals surface area contributed by atoms with Crippen LogP contribution in [0.3, 0.4) is 0 Å². The number of aromatic nitrogens is 2. The van der Waals surface area contributed by atoms with Gasteiger partial charge in [0.25, 0.3) is 5.91 Å². The maximum Gasteiger partial charge on any atom is 0.291 e. The van der Waals surface area contributed by atoms with Crippen molar-refractivity contribution in [1.29, 1.82) is 0 Å². The second-order valence-corrected chi connectivity index (χ2v) is 8.03. The van der Waals surface area contributed by atoms with E-state index in [4.69, 9.17) is 9.15 Å². The van der Waals surface area contributed by atoms with Crippen molar-refractivity contribution in [2.45, 2.75) is 33.9 Å². The van der Waals surface area contributed by atoms with E-state index in [0.717, 1.165) is 10.2 Å². The number of nitrogens with zero attached hydrogens (tertiary/aromatic N) is 2. The van der Waals surface area contributed by atoms with Gasteiger partial charge in [0, 0.05) is 0 Å². The fourth-order valence-electron chi connectivity index (χ4n) is 3.59. The molecular weight excluding hydrogens is 485 g/mol. The van der Waals surface area contributed by atoms with Crippen molar-refractivity contribution >= 4 is 11.6 Å². The van der Waals surface area contributed by atoms with Crippen LogP contribution in [0, 0.1) is 49.9 Å². The fraction of sp³-hybridized carbons (Fsp3) is 0.200. The van der Waals surface area contributed by atoms with Gasteiger partial charge in [-0.05, 0) is 44.5 Å². The van der Waals surface area contributed by atoms with E-state index >= 15 is 0 Å². The van der Waals surface area contributed by atoms with Crippen LogP contribution in [-0.4, -0.2) is 15.7 Å². The van der Waals surface area contributed by atoms with E-state index in [1.165, 1.54) is 19.9 Å². The minimum Gasteiger partial charge on any atom is -0.485 e. The molecule has 4 rings (SSSR count). The van der Waals surface area contributed by atoms with Gasteiger partial charge in [-0.2, -0.15) is 5.10 Å². The van der Waals surface area contributed by atoms with E-state index in [2.05, 4.69) is 10.4 Å². The van der Waals surface area contributed by atoms with Crippen LogP contribution in [0.1, 0.15) is 38.8 Å². The Bertz CT molecular complexity index is 1430. The average molecular weight is 505 g/mol. The number of para-hydroxylation sites is 1. The topological polar surface area (TPSA) is 69.3 Å². The van der Waals surface area contributed by atoms with Gasteiger partial charge in [-0.3, -0.25) is 9.48 Å². The second-order valence-electron chi connectivity index (χ2n) is 8.03. The zero-order valence-electron chi connectivity index (χ0n) is 19.4. The summed E-state index contributed by atoms with van der Waals surface area (Å²) in [4.78, 5) is 12.7. The van der Waals surface area contributed by atoms with Crippen molar-refractivity contribution in [1.82, 2.24) is 9.78 Å². The number of amides is 1. The van der Waals surface area contributed by atoms with Gasteiger partial charge in [-0.25, -0.2) is 22.0 Å². The number of benzene rings is 2. The molecule has 188 valence electrons. The zero-order chi connectivity index (χ0) is 26.1. The molecule has 0 unspecified atom stereocenters. The Kier molecular flexibility index (Phi) is 6.82. The van der Waals surface area contributed by atoms with E-state index in [1.54, 1.807) is 6.07 Å². The number of hydrogen-bond donors (Lipinski definition) is 1. The molecule has 0 aliphatic rings. The first kappa shape index (κ1) is 25.0. The van der Waals surface area contributed by atoms with Crippen molar-refractivity contribution in [2.75, 3.05) is 5.32 Å². The average Bonchev–Trinajstić information content (AvgIpc) is 3.44. The lowest BCUT2D eigenvalue weighted by Crippen LogP contribution is -2.14. The van der Waals surface area contributed by atoms with Crippen molar-refractivity contribution in [3.05, 3.63) is 99.5 Å². The highest BCUT2D eigenvalue weighted by atomic mass is 19.2. The lowest BCUT2D eigenvalue weighted by molar-refractivity contribution is 0.0992. The quantitative estimate of drug-likeness (QED) is 0.191. The third kappa shape index (κ3) is 4.68. The van der Waals surface area contributed by atoms with Crippen molar-refractivity contribution in [3.8, 4) is 5.75 Å². The molecule has 4 aromatic rings. The normalized spacial score (nSPS) is 11.1. The van der Waals surface area contributed by atoms with Crippen LogP contribution >= 0.6 is 0 Å². The predicted molar refractivity (Wildman–Crippen MR) is 119 cm³/mol. The zero-order valence-corrected chi connectivity index (χ0v) is 19.4. The lowest BCUT2D eigenvalue weighted by atomic mass is 10.1. The van der Waals surface area contributed by atoms with E-state index < -0.39 is 47.1 Å². The highest BCUT2D eigenvalue weighted by Crippen LogP contribution is 2.27. The summed E-state index contributed by atoms with van der Waals surface area (Å²) in [6.45, 7) is 4.24. The van der Waals surface area contributed by atoms with Crippen LogP contribution < -0.4 is 10.1 Å². The molecule has 2 heterocycles. The van der Waals surface area contributed by atoms with Crippen LogP contribution in [0.15, 0.2) is 40.8 Å². The number of furan rings is 1. The molecule has 2 aromatic heterocycles. The molecule has 0 saturated carbocycles. The van der Waals surface area contributed by atoms with Gasteiger partial charge in [-0.1, -0.05) is 18.2 Å². The second kappa shape index (κ2) is 9.84. The van der Waals surface area contributed by atoms with Crippen LogP contribution in [0.5, 0.6) is 5.75 Å². The van der Waals surface area contributed by atoms with E-state index in [-0.39, 0.29) is 29.4 Å². The highest BCUT2D eigenvalue weighted by Gasteiger charge is 2.27. The molecule has 6 nitrogen and oxygen atoms in total. The number of carbonyl (C=O) groups is 1. The van der Waals surface area contributed by atoms with Gasteiger partial charge >= 0.3 is 0 Å². The molecular formula is C25H20F5N3O3. The molecule has 0 fully saturated rings. The molecule has 0 spiro atoms. The number of ether oxygens (including phenoxy) is 1. The first-order valence-electron chi connectivity index (χ1n) is 10.7. The SMILES string of the molecule is Cc1ccccc1OCc1ccc(C(=O)Nc2c(C)nn(Cc3c(F)c(F)c(F)c(F)c3F)c2C)o1. The summed E-state index contributed by atoms with van der Waals surface area (Å²) in [7, 11) is 0. The molecule has 0 atom stereocenters. The van der Waals surface area contributed by atoms with Crippen molar-refractivity contribution < 1.29 is 35.9 Å². The number of nitrogens with one attached hydrogen (secondary N) is 1. The Morgan fingerprint density at radius 2 is 1.58 bits per heavy atom. The number of halogens is 5. The van der Waals surface area contributed by atoms with Crippen LogP contribution in [-0.2, 0) is 13.2 Å². The van der Waals surface area contributed by atoms with Gasteiger partial charge in [0.2, 0.25) is 5.82 Å². The molecule has 1 N–H and O–H groups in total. The Morgan fingerprint density at radius 1 is 0.944 bits per heavy atom. The van der Waals surface area contributed by atoms with E-state index in [1.807, 2.05) is 31.2 Å². The number of carbonyl (C=O) groups excluding carboxylic acids is 1. The minimum absolute atomic E-state index is 0.0234. The van der Waals surface area contributed by atoms with Gasteiger partial charge in [0.1, 0.15) is 18.1 Å². The van der Waals surface area contributed by atoms with Crippen molar-refractivity contribution in [3.63, 3.8) is 0 Å². The molecule has 0 bridgehead atoms. The van der Waals surface area contributed by atoms with Crippen molar-refractivity contribution in [2.24, 2.45) is 0 Å². The summed E-state index contributed by atoms with van der Waals surface area (Å²) in [6.07, 6.45) is 0. The number of hydrogen-bond acceptors (Lipinski definition) is 4. The predicted octanol–water partition coefficient (Wildman–Crippen LogP) is 5.98. The third-order valence-electron chi connectivity index (χ3n) is 5.58. The molecule has 36 heavy (non-hydrogen) atoms. The Morgan fingerprint density at radius 3 is 2.25 bits per heavy atom. The van der Waals surface area contributed by atoms with Gasteiger partial charge in [0.05, 0.1) is 29.2 Å². The first-order chi connectivity index (χ1) is 17.1. The minimum atomic E-state index is -2.24. The standard InChI is InChI=1S/C25H20F5N3O3/c1-12-6-4-5-7-17(12)35-11-15-8-9-18(36-15)25(34)31-24-13(2)32-33(14(24)3)10-16-19(26)21(28)23(30)22(29)20(16)27/h4-9H,10-11H2,1-3H3,(H,31,34). The monoisotopic (exact) mass is 505 g/mol. The Hall–Kier alpha value is -4.15. The maximum atomic E-state index is 14.1. The third-order valence-corrected chi connectivity index (χ3v) is 5.58. The van der Waals surface area contributed by atoms with Crippen LogP contribution in [0.2, 0.25) is 0 Å². The highest BCUT2D eigenvalue weighted by molar-refractivity contribution is 6.02. The number of anilines is 1. The number of aryl methyl sites for hydroxylation is 2. The summed E-state index contributed by atoms with van der Waals surface area (Å²) in [6, 6.07) is 10.5. The fourth-order valence-corrected chi connectivity index (χ4v) is 3.59. The van der Waals surface area contributed by atoms with E-state index in [0.29, 0.717) is 11.5 Å². The van der Waals surface area contributed by atoms with Gasteiger partial charge in [-0.15, -0.1) is 0 Å². The summed E-state index contributed by atoms with van der Waals surface area (Å²) >= 11 is 0. The number of rotatable bonds is 7. The lowest BCUT2D eigenvalue weighted by Gasteiger charge is -2.10. The molecule has 0 aliphatic heterocycles. The molecule has 2 aromatic carbocycles. The summed E-state index contributed by atoms with van der Waals surface area (Å²) in [5.74, 6) is -9.79. The summed E-state index contributed by atoms with van der Waals surface area (Å²) in [5.41, 5.74) is 0.604. The van der Waals surface area contributed by atoms with Gasteiger partial charge < -0.3 is 14.5 Å². The van der Waals surface area contributed by atoms with Crippen LogP contribution in [0.4, 0.5) is 27.6 Å². The molecule has 11 heteroatoms. The maximum absolute atomic E-state index is 14.1. The van der Waals surface area contributed by atoms with E-state index in [9.17, 15) is 26.7 Å². The molecule has 0 aliphatic carbocycles. The molecule has 1 amide bonds. The Labute approximate surface area is 202 Å². The molecule has 0 radical (unpaired) electrons. The summed E-state index contributed by atoms with van der Waals surface area (Å²) < 4.78 is 80.9. The van der Waals surface area contributed by atoms with Crippen LogP contribution in [0.25, 0.3) is 0 Å². The summed E-state index contributed by atoms with van der Waals surface area (Å²) in [5, 5.41) is 6.68. The van der Waals surface area contributed by atoms with Gasteiger partial charge in [0.15, 0.2) is 29.0 Å².